The van der Waals surface area contributed by atoms with Crippen LogP contribution >= 0.6 is 12.2 Å². The first-order valence-corrected chi connectivity index (χ1v) is 6.85. The lowest BCUT2D eigenvalue weighted by molar-refractivity contribution is -0.121. The van der Waals surface area contributed by atoms with E-state index in [9.17, 15) is 4.79 Å². The van der Waals surface area contributed by atoms with Crippen LogP contribution in [0.3, 0.4) is 0 Å². The quantitative estimate of drug-likeness (QED) is 0.496. The van der Waals surface area contributed by atoms with Gasteiger partial charge >= 0.3 is 0 Å². The first-order chi connectivity index (χ1) is 9.54. The Balaban J connectivity index is 2.37. The number of ether oxygens (including phenoxy) is 1. The zero-order valence-corrected chi connectivity index (χ0v) is 12.7. The highest BCUT2D eigenvalue weighted by Gasteiger charge is 2.03. The van der Waals surface area contributed by atoms with Crippen LogP contribution in [0.1, 0.15) is 17.5 Å². The van der Waals surface area contributed by atoms with Gasteiger partial charge in [0.05, 0.1) is 6.61 Å². The van der Waals surface area contributed by atoms with Crippen LogP contribution in [0.4, 0.5) is 5.69 Å². The summed E-state index contributed by atoms with van der Waals surface area (Å²) in [5.41, 5.74) is 8.46. The molecule has 0 aliphatic carbocycles. The van der Waals surface area contributed by atoms with Crippen LogP contribution in [0.15, 0.2) is 18.2 Å². The fourth-order valence-electron chi connectivity index (χ4n) is 1.75. The van der Waals surface area contributed by atoms with Gasteiger partial charge in [0, 0.05) is 37.9 Å². The molecular weight excluding hydrogens is 274 g/mol. The number of carbonyl (C=O) groups excluding carboxylic acids is 1. The predicted octanol–water partition coefficient (Wildman–Crippen LogP) is 1.19. The van der Waals surface area contributed by atoms with Crippen LogP contribution in [0.2, 0.25) is 0 Å². The van der Waals surface area contributed by atoms with Crippen LogP contribution in [0.5, 0.6) is 0 Å². The second-order valence-electron chi connectivity index (χ2n) is 4.41. The average molecular weight is 295 g/mol. The van der Waals surface area contributed by atoms with Crippen molar-refractivity contribution >= 4 is 28.8 Å². The number of nitrogens with one attached hydrogen (secondary N) is 2. The Kier molecular flexibility index (Phi) is 6.97. The third-order valence-corrected chi connectivity index (χ3v) is 3.02. The van der Waals surface area contributed by atoms with Crippen LogP contribution in [0, 0.1) is 6.92 Å². The monoisotopic (exact) mass is 295 g/mol. The molecule has 0 radical (unpaired) electrons. The van der Waals surface area contributed by atoms with Crippen molar-refractivity contribution in [3.8, 4) is 0 Å². The van der Waals surface area contributed by atoms with E-state index < -0.39 is 0 Å². The molecular formula is C14H21N3O2S. The summed E-state index contributed by atoms with van der Waals surface area (Å²) >= 11 is 4.96. The van der Waals surface area contributed by atoms with Crippen LogP contribution < -0.4 is 16.4 Å². The lowest BCUT2D eigenvalue weighted by Gasteiger charge is -2.10. The third kappa shape index (κ3) is 5.54. The van der Waals surface area contributed by atoms with Crippen LogP contribution in [0.25, 0.3) is 0 Å². The molecule has 1 amide bonds. The summed E-state index contributed by atoms with van der Waals surface area (Å²) in [6, 6.07) is 5.76. The fourth-order valence-corrected chi connectivity index (χ4v) is 1.98. The van der Waals surface area contributed by atoms with E-state index in [1.165, 1.54) is 0 Å². The molecule has 1 rings (SSSR count). The summed E-state index contributed by atoms with van der Waals surface area (Å²) in [5.74, 6) is 0.00558. The molecule has 1 aromatic rings. The molecule has 20 heavy (non-hydrogen) atoms. The van der Waals surface area contributed by atoms with Crippen LogP contribution in [-0.4, -0.2) is 37.7 Å². The van der Waals surface area contributed by atoms with Crippen molar-refractivity contribution in [2.75, 3.05) is 32.1 Å². The lowest BCUT2D eigenvalue weighted by atomic mass is 10.1. The average Bonchev–Trinajstić information content (AvgIpc) is 2.38. The van der Waals surface area contributed by atoms with Crippen molar-refractivity contribution in [1.82, 2.24) is 5.32 Å². The van der Waals surface area contributed by atoms with E-state index in [-0.39, 0.29) is 5.91 Å². The number of anilines is 1. The molecule has 1 aromatic carbocycles. The SMILES string of the molecule is COCCNC(=O)CCNc1ccc(C(N)=S)c(C)c1. The molecule has 0 fully saturated rings. The van der Waals surface area contributed by atoms with Gasteiger partial charge in [0.2, 0.25) is 5.91 Å². The van der Waals surface area contributed by atoms with Crippen molar-refractivity contribution < 1.29 is 9.53 Å². The molecule has 0 unspecified atom stereocenters. The second kappa shape index (κ2) is 8.50. The summed E-state index contributed by atoms with van der Waals surface area (Å²) in [5, 5.41) is 5.96. The minimum Gasteiger partial charge on any atom is -0.389 e. The van der Waals surface area contributed by atoms with Crippen molar-refractivity contribution in [3.05, 3.63) is 29.3 Å². The molecule has 0 aromatic heterocycles. The molecule has 0 spiro atoms. The summed E-state index contributed by atoms with van der Waals surface area (Å²) in [6.07, 6.45) is 0.416. The van der Waals surface area contributed by atoms with Gasteiger partial charge in [-0.05, 0) is 30.7 Å². The molecule has 0 aliphatic heterocycles. The van der Waals surface area contributed by atoms with Gasteiger partial charge in [-0.3, -0.25) is 4.79 Å². The fraction of sp³-hybridized carbons (Fsp3) is 0.429. The minimum atomic E-state index is 0.00558. The van der Waals surface area contributed by atoms with Gasteiger partial charge in [-0.25, -0.2) is 0 Å². The standard InChI is InChI=1S/C14H21N3O2S/c1-10-9-11(3-4-12(10)14(15)20)16-6-5-13(18)17-7-8-19-2/h3-4,9,16H,5-8H2,1-2H3,(H2,15,20)(H,17,18). The van der Waals surface area contributed by atoms with E-state index in [2.05, 4.69) is 10.6 Å². The smallest absolute Gasteiger partial charge is 0.221 e. The van der Waals surface area contributed by atoms with Gasteiger partial charge in [-0.1, -0.05) is 12.2 Å². The van der Waals surface area contributed by atoms with Gasteiger partial charge < -0.3 is 21.1 Å². The number of hydrogen-bond donors (Lipinski definition) is 3. The molecule has 110 valence electrons. The summed E-state index contributed by atoms with van der Waals surface area (Å²) < 4.78 is 4.86. The molecule has 0 heterocycles. The number of aryl methyl sites for hydroxylation is 1. The number of nitrogens with two attached hydrogens (primary N) is 1. The van der Waals surface area contributed by atoms with Crippen molar-refractivity contribution in [2.45, 2.75) is 13.3 Å². The van der Waals surface area contributed by atoms with E-state index in [1.54, 1.807) is 7.11 Å². The third-order valence-electron chi connectivity index (χ3n) is 2.80. The van der Waals surface area contributed by atoms with Crippen molar-refractivity contribution in [1.29, 1.82) is 0 Å². The Morgan fingerprint density at radius 2 is 2.15 bits per heavy atom. The number of methoxy groups -OCH3 is 1. The van der Waals surface area contributed by atoms with Gasteiger partial charge in [0.1, 0.15) is 4.99 Å². The maximum atomic E-state index is 11.5. The number of amides is 1. The summed E-state index contributed by atoms with van der Waals surface area (Å²) in [7, 11) is 1.60. The highest BCUT2D eigenvalue weighted by atomic mass is 32.1. The Hall–Kier alpha value is -1.66. The Morgan fingerprint density at radius 1 is 1.40 bits per heavy atom. The highest BCUT2D eigenvalue weighted by molar-refractivity contribution is 7.80. The summed E-state index contributed by atoms with van der Waals surface area (Å²) in [4.78, 5) is 11.9. The van der Waals surface area contributed by atoms with E-state index in [0.29, 0.717) is 31.1 Å². The largest absolute Gasteiger partial charge is 0.389 e. The molecule has 0 aliphatic rings. The summed E-state index contributed by atoms with van der Waals surface area (Å²) in [6.45, 7) is 3.59. The molecule has 4 N–H and O–H groups in total. The predicted molar refractivity (Wildman–Crippen MR) is 85.1 cm³/mol. The maximum Gasteiger partial charge on any atom is 0.221 e. The maximum absolute atomic E-state index is 11.5. The number of benzene rings is 1. The molecule has 0 atom stereocenters. The van der Waals surface area contributed by atoms with E-state index in [0.717, 1.165) is 16.8 Å². The van der Waals surface area contributed by atoms with Gasteiger partial charge in [-0.15, -0.1) is 0 Å². The second-order valence-corrected chi connectivity index (χ2v) is 4.85. The normalized spacial score (nSPS) is 10.1. The Morgan fingerprint density at radius 3 is 2.75 bits per heavy atom. The lowest BCUT2D eigenvalue weighted by Crippen LogP contribution is -2.28. The van der Waals surface area contributed by atoms with Crippen molar-refractivity contribution in [2.24, 2.45) is 5.73 Å². The molecule has 5 nitrogen and oxygen atoms in total. The van der Waals surface area contributed by atoms with Gasteiger partial charge in [0.25, 0.3) is 0 Å². The molecule has 0 saturated carbocycles. The first-order valence-electron chi connectivity index (χ1n) is 6.44. The van der Waals surface area contributed by atoms with E-state index >= 15 is 0 Å². The minimum absolute atomic E-state index is 0.00558. The molecule has 0 saturated heterocycles. The van der Waals surface area contributed by atoms with E-state index in [1.807, 2.05) is 25.1 Å². The molecule has 0 bridgehead atoms. The zero-order chi connectivity index (χ0) is 15.0. The van der Waals surface area contributed by atoms with Gasteiger partial charge in [0.15, 0.2) is 0 Å². The Labute approximate surface area is 124 Å². The number of carbonyl (C=O) groups is 1. The first kappa shape index (κ1) is 16.4. The molecule has 6 heteroatoms. The number of hydrogen-bond acceptors (Lipinski definition) is 4. The van der Waals surface area contributed by atoms with Gasteiger partial charge in [-0.2, -0.15) is 0 Å². The topological polar surface area (TPSA) is 76.4 Å². The van der Waals surface area contributed by atoms with Crippen LogP contribution in [-0.2, 0) is 9.53 Å². The van der Waals surface area contributed by atoms with Crippen molar-refractivity contribution in [3.63, 3.8) is 0 Å². The highest BCUT2D eigenvalue weighted by Crippen LogP contribution is 2.15. The zero-order valence-electron chi connectivity index (χ0n) is 11.9. The number of thiocarbonyl (C=S) groups is 1. The van der Waals surface area contributed by atoms with E-state index in [4.69, 9.17) is 22.7 Å². The number of rotatable bonds is 8. The Bertz CT molecular complexity index is 477.